The maximum atomic E-state index is 13.6. The summed E-state index contributed by atoms with van der Waals surface area (Å²) in [4.78, 5) is 13.7. The van der Waals surface area contributed by atoms with Crippen LogP contribution in [0.1, 0.15) is 31.7 Å². The maximum absolute atomic E-state index is 13.6. The Bertz CT molecular complexity index is 453. The lowest BCUT2D eigenvalue weighted by molar-refractivity contribution is -0.132. The highest BCUT2D eigenvalue weighted by Crippen LogP contribution is 2.16. The van der Waals surface area contributed by atoms with Crippen LogP contribution >= 0.6 is 0 Å². The second-order valence-electron chi connectivity index (χ2n) is 5.11. The lowest BCUT2D eigenvalue weighted by Crippen LogP contribution is -2.35. The molecule has 2 rings (SSSR count). The molecular weight excluding hydrogens is 262 g/mol. The van der Waals surface area contributed by atoms with Gasteiger partial charge in [0.2, 0.25) is 5.91 Å². The van der Waals surface area contributed by atoms with E-state index in [0.29, 0.717) is 13.0 Å². The lowest BCUT2D eigenvalue weighted by Gasteiger charge is -2.23. The van der Waals surface area contributed by atoms with E-state index in [1.54, 1.807) is 0 Å². The molecule has 1 aromatic carbocycles. The van der Waals surface area contributed by atoms with E-state index in [4.69, 9.17) is 0 Å². The summed E-state index contributed by atoms with van der Waals surface area (Å²) in [7, 11) is 0. The Kier molecular flexibility index (Phi) is 5.06. The van der Waals surface area contributed by atoms with Crippen molar-refractivity contribution in [1.82, 2.24) is 10.2 Å². The molecule has 0 aliphatic carbocycles. The first-order valence-electron chi connectivity index (χ1n) is 7.06. The van der Waals surface area contributed by atoms with E-state index in [1.807, 2.05) is 6.92 Å². The fourth-order valence-electron chi connectivity index (χ4n) is 2.52. The zero-order chi connectivity index (χ0) is 14.5. The topological polar surface area (TPSA) is 32.3 Å². The van der Waals surface area contributed by atoms with E-state index < -0.39 is 11.6 Å². The van der Waals surface area contributed by atoms with Gasteiger partial charge < -0.3 is 10.2 Å². The average Bonchev–Trinajstić information content (AvgIpc) is 2.91. The van der Waals surface area contributed by atoms with E-state index >= 15 is 0 Å². The van der Waals surface area contributed by atoms with E-state index in [-0.39, 0.29) is 24.1 Å². The van der Waals surface area contributed by atoms with Gasteiger partial charge in [0.25, 0.3) is 0 Å². The lowest BCUT2D eigenvalue weighted by atomic mass is 10.1. The zero-order valence-electron chi connectivity index (χ0n) is 11.7. The molecule has 1 N–H and O–H groups in total. The third-order valence-electron chi connectivity index (χ3n) is 3.73. The fraction of sp³-hybridized carbons (Fsp3) is 0.533. The fourth-order valence-corrected chi connectivity index (χ4v) is 2.52. The maximum Gasteiger partial charge on any atom is 0.224 e. The molecule has 1 unspecified atom stereocenters. The SMILES string of the molecule is CCN(Cc1c(F)cccc1F)C(=O)CC1CCCN1. The second kappa shape index (κ2) is 6.79. The molecule has 1 heterocycles. The first kappa shape index (κ1) is 14.9. The molecular formula is C15H20F2N2O. The number of halogens is 2. The summed E-state index contributed by atoms with van der Waals surface area (Å²) in [5.41, 5.74) is -0.0397. The summed E-state index contributed by atoms with van der Waals surface area (Å²) in [5.74, 6) is -1.26. The van der Waals surface area contributed by atoms with Gasteiger partial charge in [-0.1, -0.05) is 6.07 Å². The van der Waals surface area contributed by atoms with E-state index in [1.165, 1.54) is 23.1 Å². The number of carbonyl (C=O) groups excluding carboxylic acids is 1. The number of hydrogen-bond acceptors (Lipinski definition) is 2. The van der Waals surface area contributed by atoms with Gasteiger partial charge in [-0.15, -0.1) is 0 Å². The van der Waals surface area contributed by atoms with E-state index in [9.17, 15) is 13.6 Å². The molecule has 1 aliphatic rings. The normalized spacial score (nSPS) is 18.2. The van der Waals surface area contributed by atoms with Gasteiger partial charge in [-0.3, -0.25) is 4.79 Å². The van der Waals surface area contributed by atoms with Gasteiger partial charge in [-0.25, -0.2) is 8.78 Å². The number of benzene rings is 1. The predicted molar refractivity (Wildman–Crippen MR) is 73.1 cm³/mol. The first-order chi connectivity index (χ1) is 9.61. The number of nitrogens with zero attached hydrogens (tertiary/aromatic N) is 1. The molecule has 5 heteroatoms. The van der Waals surface area contributed by atoms with Crippen LogP contribution in [-0.2, 0) is 11.3 Å². The number of amides is 1. The molecule has 0 aromatic heterocycles. The van der Waals surface area contributed by atoms with Crippen LogP contribution in [-0.4, -0.2) is 29.9 Å². The van der Waals surface area contributed by atoms with Crippen molar-refractivity contribution in [3.05, 3.63) is 35.4 Å². The second-order valence-corrected chi connectivity index (χ2v) is 5.11. The highest BCUT2D eigenvalue weighted by molar-refractivity contribution is 5.76. The Labute approximate surface area is 118 Å². The molecule has 1 fully saturated rings. The molecule has 1 saturated heterocycles. The minimum Gasteiger partial charge on any atom is -0.338 e. The van der Waals surface area contributed by atoms with Crippen LogP contribution in [0.3, 0.4) is 0 Å². The molecule has 0 saturated carbocycles. The highest BCUT2D eigenvalue weighted by Gasteiger charge is 2.22. The Balaban J connectivity index is 2.02. The van der Waals surface area contributed by atoms with Crippen LogP contribution in [0, 0.1) is 11.6 Å². The number of carbonyl (C=O) groups is 1. The van der Waals surface area contributed by atoms with Gasteiger partial charge in [0.1, 0.15) is 11.6 Å². The third kappa shape index (κ3) is 3.54. The van der Waals surface area contributed by atoms with Crippen molar-refractivity contribution in [1.29, 1.82) is 0 Å². The largest absolute Gasteiger partial charge is 0.338 e. The van der Waals surface area contributed by atoms with Crippen molar-refractivity contribution in [3.63, 3.8) is 0 Å². The number of rotatable bonds is 5. The van der Waals surface area contributed by atoms with Crippen LogP contribution in [0.15, 0.2) is 18.2 Å². The summed E-state index contributed by atoms with van der Waals surface area (Å²) in [6, 6.07) is 3.96. The van der Waals surface area contributed by atoms with Crippen LogP contribution in [0.25, 0.3) is 0 Å². The van der Waals surface area contributed by atoms with Crippen molar-refractivity contribution in [3.8, 4) is 0 Å². The van der Waals surface area contributed by atoms with Crippen LogP contribution in [0.2, 0.25) is 0 Å². The predicted octanol–water partition coefficient (Wildman–Crippen LogP) is 2.46. The summed E-state index contributed by atoms with van der Waals surface area (Å²) in [6.07, 6.45) is 2.45. The minimum absolute atomic E-state index is 0.0133. The molecule has 1 atom stereocenters. The van der Waals surface area contributed by atoms with Crippen molar-refractivity contribution in [2.24, 2.45) is 0 Å². The molecule has 1 aliphatic heterocycles. The number of hydrogen-bond donors (Lipinski definition) is 1. The average molecular weight is 282 g/mol. The Morgan fingerprint density at radius 2 is 2.10 bits per heavy atom. The van der Waals surface area contributed by atoms with Crippen molar-refractivity contribution >= 4 is 5.91 Å². The molecule has 110 valence electrons. The first-order valence-corrected chi connectivity index (χ1v) is 7.06. The Morgan fingerprint density at radius 3 is 2.65 bits per heavy atom. The summed E-state index contributed by atoms with van der Waals surface area (Å²) in [6.45, 7) is 3.19. The van der Waals surface area contributed by atoms with Crippen LogP contribution in [0.4, 0.5) is 8.78 Å². The zero-order valence-corrected chi connectivity index (χ0v) is 11.7. The quantitative estimate of drug-likeness (QED) is 0.899. The number of nitrogens with one attached hydrogen (secondary N) is 1. The van der Waals surface area contributed by atoms with Gasteiger partial charge in [-0.05, 0) is 38.4 Å². The van der Waals surface area contributed by atoms with E-state index in [2.05, 4.69) is 5.32 Å². The van der Waals surface area contributed by atoms with Gasteiger partial charge in [0.15, 0.2) is 0 Å². The molecule has 20 heavy (non-hydrogen) atoms. The van der Waals surface area contributed by atoms with Crippen molar-refractivity contribution in [2.45, 2.75) is 38.8 Å². The van der Waals surface area contributed by atoms with Gasteiger partial charge in [-0.2, -0.15) is 0 Å². The molecule has 1 aromatic rings. The third-order valence-corrected chi connectivity index (χ3v) is 3.73. The van der Waals surface area contributed by atoms with Crippen LogP contribution in [0.5, 0.6) is 0 Å². The molecule has 0 spiro atoms. The molecule has 1 amide bonds. The van der Waals surface area contributed by atoms with Crippen LogP contribution < -0.4 is 5.32 Å². The smallest absolute Gasteiger partial charge is 0.224 e. The molecule has 0 bridgehead atoms. The van der Waals surface area contributed by atoms with Crippen molar-refractivity contribution < 1.29 is 13.6 Å². The summed E-state index contributed by atoms with van der Waals surface area (Å²) >= 11 is 0. The summed E-state index contributed by atoms with van der Waals surface area (Å²) in [5, 5.41) is 3.26. The van der Waals surface area contributed by atoms with E-state index in [0.717, 1.165) is 19.4 Å². The molecule has 3 nitrogen and oxygen atoms in total. The summed E-state index contributed by atoms with van der Waals surface area (Å²) < 4.78 is 27.3. The standard InChI is InChI=1S/C15H20F2N2O/c1-2-19(15(20)9-11-5-4-8-18-11)10-12-13(16)6-3-7-14(12)17/h3,6-7,11,18H,2,4-5,8-10H2,1H3. The van der Waals surface area contributed by atoms with Gasteiger partial charge in [0, 0.05) is 24.6 Å². The Hall–Kier alpha value is -1.49. The highest BCUT2D eigenvalue weighted by atomic mass is 19.1. The van der Waals surface area contributed by atoms with Gasteiger partial charge >= 0.3 is 0 Å². The van der Waals surface area contributed by atoms with Gasteiger partial charge in [0.05, 0.1) is 6.54 Å². The molecule has 0 radical (unpaired) electrons. The van der Waals surface area contributed by atoms with Crippen molar-refractivity contribution in [2.75, 3.05) is 13.1 Å². The Morgan fingerprint density at radius 1 is 1.40 bits per heavy atom. The monoisotopic (exact) mass is 282 g/mol. The minimum atomic E-state index is -0.602.